The molecule has 0 fully saturated rings. The van der Waals surface area contributed by atoms with Gasteiger partial charge in [0.05, 0.1) is 66.7 Å². The molecular formula is C72H42N8. The van der Waals surface area contributed by atoms with Crippen LogP contribution in [0.15, 0.2) is 255 Å². The number of fused-ring (bicyclic) bond motifs is 13. The number of rotatable bonds is 6. The minimum Gasteiger partial charge on any atom is -0.310 e. The molecule has 0 bridgehead atoms. The first-order valence-corrected chi connectivity index (χ1v) is 26.2. The Bertz CT molecular complexity index is 5100. The van der Waals surface area contributed by atoms with Gasteiger partial charge in [-0.3, -0.25) is 0 Å². The maximum atomic E-state index is 10.1. The maximum absolute atomic E-state index is 10.1. The highest BCUT2D eigenvalue weighted by molar-refractivity contribution is 6.23. The van der Waals surface area contributed by atoms with Crippen LogP contribution >= 0.6 is 0 Å². The standard InChI is InChI=1S/C36H20N4.C36H22N4/c37-21-24-9-7-15-33(30(24)22-38)40-34-19-17-25(20-29(34)36-26-10-2-1-8-23(26)16-18-35(36)40)39-31-13-5-3-11-27(31)28-12-4-6-14-32(28)39;37-23-26-11-9-17-33(32(26)24-38)40-34-21-19-29(39(27-12-3-1-4-13-27)28-14-5-2-6-15-28)22-31(34)36-30-16-8-7-10-25(30)18-20-35(36)40/h1-20H;1-22H. The second-order valence-corrected chi connectivity index (χ2v) is 19.7. The van der Waals surface area contributed by atoms with E-state index < -0.39 is 0 Å². The van der Waals surface area contributed by atoms with Crippen LogP contribution in [0.3, 0.4) is 0 Å². The van der Waals surface area contributed by atoms with Crippen molar-refractivity contribution < 1.29 is 0 Å². The van der Waals surface area contributed by atoms with Crippen LogP contribution in [0.25, 0.3) is 104 Å². The molecule has 0 N–H and O–H groups in total. The summed E-state index contributed by atoms with van der Waals surface area (Å²) in [6.45, 7) is 0. The average Bonchev–Trinajstić information content (AvgIpc) is 4.35. The first-order chi connectivity index (χ1) is 39.6. The summed E-state index contributed by atoms with van der Waals surface area (Å²) >= 11 is 0. The van der Waals surface area contributed by atoms with E-state index in [-0.39, 0.29) is 0 Å². The molecule has 8 nitrogen and oxygen atoms in total. The minimum absolute atomic E-state index is 0.367. The summed E-state index contributed by atoms with van der Waals surface area (Å²) in [6.07, 6.45) is 0. The Morgan fingerprint density at radius 3 is 1.18 bits per heavy atom. The highest BCUT2D eigenvalue weighted by Gasteiger charge is 2.23. The first-order valence-electron chi connectivity index (χ1n) is 26.2. The third kappa shape index (κ3) is 7.34. The van der Waals surface area contributed by atoms with Crippen LogP contribution in [-0.4, -0.2) is 13.7 Å². The summed E-state index contributed by atoms with van der Waals surface area (Å²) in [5.74, 6) is 0. The molecule has 15 rings (SSSR count). The first kappa shape index (κ1) is 46.8. The zero-order valence-corrected chi connectivity index (χ0v) is 42.8. The van der Waals surface area contributed by atoms with E-state index in [0.29, 0.717) is 33.6 Å². The van der Waals surface area contributed by atoms with Crippen LogP contribution in [0.1, 0.15) is 22.3 Å². The van der Waals surface area contributed by atoms with E-state index in [0.717, 1.165) is 98.9 Å². The van der Waals surface area contributed by atoms with Gasteiger partial charge in [-0.1, -0.05) is 146 Å². The number of benzene rings is 12. The summed E-state index contributed by atoms with van der Waals surface area (Å²) in [5.41, 5.74) is 13.4. The Morgan fingerprint density at radius 1 is 0.275 bits per heavy atom. The van der Waals surface area contributed by atoms with Crippen LogP contribution in [0.2, 0.25) is 0 Å². The van der Waals surface area contributed by atoms with Gasteiger partial charge < -0.3 is 18.6 Å². The lowest BCUT2D eigenvalue weighted by molar-refractivity contribution is 1.15. The molecule has 0 radical (unpaired) electrons. The maximum Gasteiger partial charge on any atom is 0.103 e. The van der Waals surface area contributed by atoms with Gasteiger partial charge in [0.1, 0.15) is 24.3 Å². The molecule has 0 amide bonds. The van der Waals surface area contributed by atoms with Crippen molar-refractivity contribution in [2.75, 3.05) is 4.90 Å². The summed E-state index contributed by atoms with van der Waals surface area (Å²) in [7, 11) is 0. The van der Waals surface area contributed by atoms with E-state index in [9.17, 15) is 21.0 Å². The Morgan fingerprint density at radius 2 is 0.688 bits per heavy atom. The fraction of sp³-hybridized carbons (Fsp3) is 0. The van der Waals surface area contributed by atoms with Gasteiger partial charge in [0.25, 0.3) is 0 Å². The normalized spacial score (nSPS) is 11.2. The molecule has 0 aliphatic heterocycles. The second kappa shape index (κ2) is 19.2. The number of nitrogens with zero attached hydrogens (tertiary/aromatic N) is 8. The van der Waals surface area contributed by atoms with Gasteiger partial charge in [-0.05, 0) is 131 Å². The quantitative estimate of drug-likeness (QED) is 0.165. The molecule has 0 saturated carbocycles. The molecule has 15 aromatic rings. The number of para-hydroxylation sites is 4. The lowest BCUT2D eigenvalue weighted by Crippen LogP contribution is -2.09. The third-order valence-electron chi connectivity index (χ3n) is 15.4. The van der Waals surface area contributed by atoms with Gasteiger partial charge in [0.15, 0.2) is 0 Å². The van der Waals surface area contributed by atoms with Crippen LogP contribution in [-0.2, 0) is 0 Å². The van der Waals surface area contributed by atoms with Gasteiger partial charge in [-0.25, -0.2) is 0 Å². The van der Waals surface area contributed by atoms with Gasteiger partial charge >= 0.3 is 0 Å². The van der Waals surface area contributed by atoms with Crippen molar-refractivity contribution in [3.05, 3.63) is 277 Å². The predicted octanol–water partition coefficient (Wildman–Crippen LogP) is 17.9. The van der Waals surface area contributed by atoms with E-state index in [1.807, 2.05) is 36.4 Å². The minimum atomic E-state index is 0.367. The molecule has 0 atom stereocenters. The van der Waals surface area contributed by atoms with E-state index in [1.54, 1.807) is 12.1 Å². The van der Waals surface area contributed by atoms with Gasteiger partial charge in [-0.15, -0.1) is 0 Å². The molecule has 12 aromatic carbocycles. The van der Waals surface area contributed by atoms with Gasteiger partial charge in [0.2, 0.25) is 0 Å². The molecule has 0 spiro atoms. The lowest BCUT2D eigenvalue weighted by Gasteiger charge is -2.25. The fourth-order valence-corrected chi connectivity index (χ4v) is 12.0. The third-order valence-corrected chi connectivity index (χ3v) is 15.4. The van der Waals surface area contributed by atoms with Crippen LogP contribution in [0, 0.1) is 45.3 Å². The number of hydrogen-bond donors (Lipinski definition) is 0. The SMILES string of the molecule is N#Cc1cccc(-n2c3ccc(-n4c5ccccc5c5ccccc54)cc3c3c4ccccc4ccc32)c1C#N.N#Cc1cccc(-n2c3ccc(N(c4ccccc4)c4ccccc4)cc3c3c4ccccc4ccc32)c1C#N. The fourth-order valence-electron chi connectivity index (χ4n) is 12.0. The monoisotopic (exact) mass is 1020 g/mol. The van der Waals surface area contributed by atoms with Crippen LogP contribution in [0.4, 0.5) is 17.1 Å². The molecule has 0 aliphatic rings. The van der Waals surface area contributed by atoms with Crippen molar-refractivity contribution in [2.45, 2.75) is 0 Å². The summed E-state index contributed by atoms with van der Waals surface area (Å²) in [4.78, 5) is 2.25. The highest BCUT2D eigenvalue weighted by atomic mass is 15.1. The van der Waals surface area contributed by atoms with E-state index in [2.05, 4.69) is 249 Å². The average molecular weight is 1020 g/mol. The van der Waals surface area contributed by atoms with Crippen molar-refractivity contribution in [2.24, 2.45) is 0 Å². The number of hydrogen-bond acceptors (Lipinski definition) is 5. The molecule has 3 aromatic heterocycles. The van der Waals surface area contributed by atoms with Crippen molar-refractivity contribution in [1.82, 2.24) is 13.7 Å². The Labute approximate surface area is 459 Å². The zero-order valence-electron chi connectivity index (χ0n) is 42.8. The predicted molar refractivity (Wildman–Crippen MR) is 324 cm³/mol. The largest absolute Gasteiger partial charge is 0.310 e. The molecular weight excluding hydrogens is 977 g/mol. The van der Waals surface area contributed by atoms with Crippen molar-refractivity contribution in [3.8, 4) is 41.3 Å². The van der Waals surface area contributed by atoms with Crippen molar-refractivity contribution in [1.29, 1.82) is 21.0 Å². The lowest BCUT2D eigenvalue weighted by atomic mass is 10.0. The number of nitriles is 4. The summed E-state index contributed by atoms with van der Waals surface area (Å²) < 4.78 is 6.58. The van der Waals surface area contributed by atoms with Crippen molar-refractivity contribution >= 4 is 104 Å². The molecule has 0 unspecified atom stereocenters. The molecule has 370 valence electrons. The topological polar surface area (TPSA) is 113 Å². The summed E-state index contributed by atoms with van der Waals surface area (Å²) in [5, 5.41) is 51.1. The van der Waals surface area contributed by atoms with Crippen LogP contribution in [0.5, 0.6) is 0 Å². The zero-order chi connectivity index (χ0) is 53.8. The molecule has 80 heavy (non-hydrogen) atoms. The highest BCUT2D eigenvalue weighted by Crippen LogP contribution is 2.44. The second-order valence-electron chi connectivity index (χ2n) is 19.7. The van der Waals surface area contributed by atoms with E-state index in [4.69, 9.17) is 0 Å². The Kier molecular flexibility index (Phi) is 11.2. The molecule has 8 heteroatoms. The Hall–Kier alpha value is -11.7. The van der Waals surface area contributed by atoms with E-state index in [1.165, 1.54) is 10.8 Å². The van der Waals surface area contributed by atoms with Crippen LogP contribution < -0.4 is 4.90 Å². The molecule has 3 heterocycles. The molecule has 0 saturated heterocycles. The van der Waals surface area contributed by atoms with Crippen molar-refractivity contribution in [3.63, 3.8) is 0 Å². The summed E-state index contributed by atoms with van der Waals surface area (Å²) in [6, 6.07) is 96.0. The van der Waals surface area contributed by atoms with Gasteiger partial charge in [0, 0.05) is 55.1 Å². The smallest absolute Gasteiger partial charge is 0.103 e. The van der Waals surface area contributed by atoms with E-state index >= 15 is 0 Å². The number of aromatic nitrogens is 3. The Balaban J connectivity index is 0.000000144. The number of anilines is 3. The van der Waals surface area contributed by atoms with Gasteiger partial charge in [-0.2, -0.15) is 21.0 Å². The molecule has 0 aliphatic carbocycles.